The van der Waals surface area contributed by atoms with Crippen LogP contribution in [0.4, 0.5) is 11.4 Å². The van der Waals surface area contributed by atoms with Crippen LogP contribution >= 0.6 is 11.8 Å². The van der Waals surface area contributed by atoms with Crippen LogP contribution in [0.3, 0.4) is 0 Å². The van der Waals surface area contributed by atoms with Gasteiger partial charge in [0.1, 0.15) is 5.70 Å². The van der Waals surface area contributed by atoms with Crippen LogP contribution in [0.2, 0.25) is 0 Å². The fraction of sp³-hybridized carbons (Fsp3) is 0.138. The minimum Gasteiger partial charge on any atom is -0.493 e. The van der Waals surface area contributed by atoms with Gasteiger partial charge < -0.3 is 24.5 Å². The topological polar surface area (TPSA) is 105 Å². The number of nitrogens with one attached hydrogen (secondary N) is 2. The van der Waals surface area contributed by atoms with Gasteiger partial charge in [-0.15, -0.1) is 0 Å². The number of aromatic nitrogens is 1. The molecule has 5 rings (SSSR count). The molecule has 0 spiro atoms. The molecule has 0 fully saturated rings. The average molecular weight is 543 g/mol. The lowest BCUT2D eigenvalue weighted by Gasteiger charge is -2.17. The zero-order chi connectivity index (χ0) is 27.4. The van der Waals surface area contributed by atoms with Crippen molar-refractivity contribution in [3.63, 3.8) is 0 Å². The van der Waals surface area contributed by atoms with Gasteiger partial charge in [0.2, 0.25) is 11.7 Å². The lowest BCUT2D eigenvalue weighted by atomic mass is 10.1. The van der Waals surface area contributed by atoms with Gasteiger partial charge in [-0.3, -0.25) is 14.5 Å². The fourth-order valence-electron chi connectivity index (χ4n) is 4.19. The number of ether oxygens (including phenoxy) is 3. The smallest absolute Gasteiger partial charge is 0.283 e. The number of amidine groups is 1. The number of fused-ring (bicyclic) bond motifs is 1. The Balaban J connectivity index is 1.40. The first kappa shape index (κ1) is 25.9. The minimum atomic E-state index is -0.310. The molecule has 10 heteroatoms. The Kier molecular flexibility index (Phi) is 7.55. The second-order valence-electron chi connectivity index (χ2n) is 8.48. The molecule has 0 atom stereocenters. The van der Waals surface area contributed by atoms with Crippen molar-refractivity contribution < 1.29 is 23.8 Å². The summed E-state index contributed by atoms with van der Waals surface area (Å²) >= 11 is 1.18. The first-order chi connectivity index (χ1) is 19.0. The maximum absolute atomic E-state index is 13.5. The van der Waals surface area contributed by atoms with Crippen molar-refractivity contribution in [1.29, 1.82) is 0 Å². The van der Waals surface area contributed by atoms with Crippen LogP contribution in [0, 0.1) is 0 Å². The number of para-hydroxylation sites is 1. The molecule has 0 saturated heterocycles. The van der Waals surface area contributed by atoms with Gasteiger partial charge in [-0.05, 0) is 59.5 Å². The Bertz CT molecular complexity index is 1570. The first-order valence-corrected chi connectivity index (χ1v) is 13.0. The molecule has 0 unspecified atom stereocenters. The Labute approximate surface area is 229 Å². The third-order valence-electron chi connectivity index (χ3n) is 6.01. The van der Waals surface area contributed by atoms with Gasteiger partial charge >= 0.3 is 0 Å². The van der Waals surface area contributed by atoms with Gasteiger partial charge in [-0.1, -0.05) is 36.0 Å². The van der Waals surface area contributed by atoms with Crippen molar-refractivity contribution in [2.45, 2.75) is 0 Å². The first-order valence-electron chi connectivity index (χ1n) is 12.0. The van der Waals surface area contributed by atoms with Crippen LogP contribution in [-0.2, 0) is 9.59 Å². The van der Waals surface area contributed by atoms with Crippen LogP contribution in [0.5, 0.6) is 17.2 Å². The summed E-state index contributed by atoms with van der Waals surface area (Å²) in [7, 11) is 4.58. The molecule has 1 aromatic heterocycles. The summed E-state index contributed by atoms with van der Waals surface area (Å²) in [5.74, 6) is 0.914. The average Bonchev–Trinajstić information content (AvgIpc) is 3.55. The molecule has 1 aliphatic heterocycles. The van der Waals surface area contributed by atoms with Crippen molar-refractivity contribution in [2.75, 3.05) is 37.3 Å². The molecule has 3 aromatic carbocycles. The number of carbonyl (C=O) groups is 2. The Hall–Kier alpha value is -4.70. The second kappa shape index (κ2) is 11.4. The number of hydrogen-bond donors (Lipinski definition) is 2. The molecular formula is C29H26N4O5S. The number of amides is 2. The van der Waals surface area contributed by atoms with Gasteiger partial charge in [0.15, 0.2) is 16.7 Å². The largest absolute Gasteiger partial charge is 0.493 e. The van der Waals surface area contributed by atoms with E-state index in [9.17, 15) is 9.59 Å². The van der Waals surface area contributed by atoms with Crippen molar-refractivity contribution in [1.82, 2.24) is 4.98 Å². The molecule has 2 amide bonds. The third-order valence-corrected chi connectivity index (χ3v) is 6.94. The van der Waals surface area contributed by atoms with E-state index in [0.29, 0.717) is 39.4 Å². The number of aliphatic imine (C=N–C) groups is 1. The summed E-state index contributed by atoms with van der Waals surface area (Å²) in [5, 5.41) is 4.37. The molecule has 39 heavy (non-hydrogen) atoms. The molecule has 0 bridgehead atoms. The van der Waals surface area contributed by atoms with Gasteiger partial charge in [0, 0.05) is 17.4 Å². The summed E-state index contributed by atoms with van der Waals surface area (Å²) in [6.07, 6.45) is 3.50. The Morgan fingerprint density at radius 1 is 1.00 bits per heavy atom. The quantitative estimate of drug-likeness (QED) is 0.293. The molecule has 2 N–H and O–H groups in total. The molecular weight excluding hydrogens is 516 g/mol. The van der Waals surface area contributed by atoms with E-state index in [-0.39, 0.29) is 23.3 Å². The van der Waals surface area contributed by atoms with Crippen LogP contribution in [0.1, 0.15) is 5.56 Å². The fourth-order valence-corrected chi connectivity index (χ4v) is 5.01. The van der Waals surface area contributed by atoms with E-state index in [1.165, 1.54) is 38.0 Å². The van der Waals surface area contributed by atoms with Gasteiger partial charge in [0.25, 0.3) is 5.91 Å². The number of methoxy groups -OCH3 is 3. The summed E-state index contributed by atoms with van der Waals surface area (Å²) < 4.78 is 16.3. The molecule has 0 radical (unpaired) electrons. The number of nitrogens with zero attached hydrogens (tertiary/aromatic N) is 2. The van der Waals surface area contributed by atoms with E-state index in [2.05, 4.69) is 15.3 Å². The standard InChI is InChI=1S/C29H26N4O5S/c1-36-24-14-18(15-25(37-2)27(24)38-3)13-23-28(35)33(21-7-5-4-6-8-21)29(32-23)39-17-26(34)31-20-10-9-19-11-12-30-22(19)16-20/h4-16,30H,17H2,1-3H3,(H,31,34)/b23-13+. The number of thioether (sulfide) groups is 1. The number of H-pyrrole nitrogens is 1. The lowest BCUT2D eigenvalue weighted by Crippen LogP contribution is -2.31. The van der Waals surface area contributed by atoms with Gasteiger partial charge in [0.05, 0.1) is 32.8 Å². The monoisotopic (exact) mass is 542 g/mol. The lowest BCUT2D eigenvalue weighted by molar-refractivity contribution is -0.114. The molecule has 0 aliphatic carbocycles. The van der Waals surface area contributed by atoms with E-state index in [4.69, 9.17) is 14.2 Å². The van der Waals surface area contributed by atoms with E-state index < -0.39 is 0 Å². The number of rotatable bonds is 8. The highest BCUT2D eigenvalue weighted by atomic mass is 32.2. The molecule has 9 nitrogen and oxygen atoms in total. The SMILES string of the molecule is COc1cc(/C=C2/N=C(SCC(=O)Nc3ccc4cc[nH]c4c3)N(c3ccccc3)C2=O)cc(OC)c1OC. The van der Waals surface area contributed by atoms with Gasteiger partial charge in [-0.25, -0.2) is 4.99 Å². The Morgan fingerprint density at radius 2 is 1.74 bits per heavy atom. The van der Waals surface area contributed by atoms with Gasteiger partial charge in [-0.2, -0.15) is 0 Å². The normalized spacial score (nSPS) is 14.0. The highest BCUT2D eigenvalue weighted by Crippen LogP contribution is 2.39. The molecule has 1 aliphatic rings. The second-order valence-corrected chi connectivity index (χ2v) is 9.42. The number of carbonyl (C=O) groups excluding carboxylic acids is 2. The van der Waals surface area contributed by atoms with Crippen molar-refractivity contribution >= 4 is 57.1 Å². The van der Waals surface area contributed by atoms with Crippen molar-refractivity contribution in [3.05, 3.63) is 84.2 Å². The van der Waals surface area contributed by atoms with Crippen LogP contribution in [0.25, 0.3) is 17.0 Å². The van der Waals surface area contributed by atoms with Crippen LogP contribution < -0.4 is 24.4 Å². The highest BCUT2D eigenvalue weighted by Gasteiger charge is 2.32. The van der Waals surface area contributed by atoms with Crippen LogP contribution in [-0.4, -0.2) is 49.0 Å². The predicted molar refractivity (Wildman–Crippen MR) is 155 cm³/mol. The Morgan fingerprint density at radius 3 is 2.44 bits per heavy atom. The molecule has 4 aromatic rings. The summed E-state index contributed by atoms with van der Waals surface area (Å²) in [6.45, 7) is 0. The third kappa shape index (κ3) is 5.46. The number of anilines is 2. The van der Waals surface area contributed by atoms with E-state index in [0.717, 1.165) is 10.9 Å². The van der Waals surface area contributed by atoms with Crippen molar-refractivity contribution in [2.24, 2.45) is 4.99 Å². The number of aromatic amines is 1. The van der Waals surface area contributed by atoms with Crippen molar-refractivity contribution in [3.8, 4) is 17.2 Å². The predicted octanol–water partition coefficient (Wildman–Crippen LogP) is 5.31. The maximum Gasteiger partial charge on any atom is 0.283 e. The van der Waals surface area contributed by atoms with E-state index >= 15 is 0 Å². The maximum atomic E-state index is 13.5. The van der Waals surface area contributed by atoms with E-state index in [1.807, 2.05) is 60.8 Å². The summed E-state index contributed by atoms with van der Waals surface area (Å²) in [4.78, 5) is 35.6. The zero-order valence-corrected chi connectivity index (χ0v) is 22.4. The minimum absolute atomic E-state index is 0.0652. The molecule has 0 saturated carbocycles. The zero-order valence-electron chi connectivity index (χ0n) is 21.6. The van der Waals surface area contributed by atoms with Crippen LogP contribution in [0.15, 0.2) is 83.6 Å². The molecule has 2 heterocycles. The summed E-state index contributed by atoms with van der Waals surface area (Å²) in [6, 6.07) is 20.3. The van der Waals surface area contributed by atoms with E-state index in [1.54, 1.807) is 18.2 Å². The number of hydrogen-bond acceptors (Lipinski definition) is 7. The number of benzene rings is 3. The summed E-state index contributed by atoms with van der Waals surface area (Å²) in [5.41, 5.74) is 3.13. The highest BCUT2D eigenvalue weighted by molar-refractivity contribution is 8.14. The molecule has 198 valence electrons.